The Hall–Kier alpha value is -1.77. The van der Waals surface area contributed by atoms with Crippen molar-refractivity contribution in [1.29, 1.82) is 0 Å². The van der Waals surface area contributed by atoms with Gasteiger partial charge in [-0.2, -0.15) is 0 Å². The van der Waals surface area contributed by atoms with Crippen LogP contribution in [-0.4, -0.2) is 9.97 Å². The van der Waals surface area contributed by atoms with E-state index in [-0.39, 0.29) is 5.41 Å². The largest absolute Gasteiger partial charge is 0.437 e. The predicted octanol–water partition coefficient (Wildman–Crippen LogP) is 2.05. The molecule has 0 unspecified atom stereocenters. The monoisotopic (exact) mass is 214 g/mol. The van der Waals surface area contributed by atoms with Crippen LogP contribution in [0.3, 0.4) is 0 Å². The Kier molecular flexibility index (Phi) is 2.69. The molecule has 0 spiro atoms. The SMILES string of the molecule is CC(C)(C)c1cc[n+](-c2ncccn2)cc1. The van der Waals surface area contributed by atoms with Crippen molar-refractivity contribution in [3.05, 3.63) is 48.5 Å². The number of aromatic nitrogens is 3. The zero-order valence-corrected chi connectivity index (χ0v) is 9.88. The van der Waals surface area contributed by atoms with Crippen molar-refractivity contribution in [2.24, 2.45) is 0 Å². The average Bonchev–Trinajstić information content (AvgIpc) is 2.29. The summed E-state index contributed by atoms with van der Waals surface area (Å²) in [5.41, 5.74) is 1.48. The van der Waals surface area contributed by atoms with Crippen LogP contribution < -0.4 is 4.57 Å². The zero-order valence-electron chi connectivity index (χ0n) is 9.88. The summed E-state index contributed by atoms with van der Waals surface area (Å²) in [5.74, 6) is 0.697. The van der Waals surface area contributed by atoms with Gasteiger partial charge < -0.3 is 0 Å². The molecule has 0 bridgehead atoms. The van der Waals surface area contributed by atoms with Crippen molar-refractivity contribution < 1.29 is 4.57 Å². The molecular formula is C13H16N3+. The van der Waals surface area contributed by atoms with Gasteiger partial charge in [0.2, 0.25) is 0 Å². The molecule has 0 aromatic carbocycles. The van der Waals surface area contributed by atoms with Crippen molar-refractivity contribution in [1.82, 2.24) is 9.97 Å². The van der Waals surface area contributed by atoms with E-state index in [4.69, 9.17) is 0 Å². The topological polar surface area (TPSA) is 29.7 Å². The fraction of sp³-hybridized carbons (Fsp3) is 0.308. The summed E-state index contributed by atoms with van der Waals surface area (Å²) < 4.78 is 1.91. The average molecular weight is 214 g/mol. The summed E-state index contributed by atoms with van der Waals surface area (Å²) in [7, 11) is 0. The van der Waals surface area contributed by atoms with Crippen molar-refractivity contribution >= 4 is 0 Å². The Balaban J connectivity index is 2.34. The van der Waals surface area contributed by atoms with Crippen LogP contribution in [0.15, 0.2) is 43.0 Å². The zero-order chi connectivity index (χ0) is 11.6. The molecule has 0 aliphatic rings. The quantitative estimate of drug-likeness (QED) is 0.680. The fourth-order valence-electron chi connectivity index (χ4n) is 1.48. The Morgan fingerprint density at radius 2 is 1.56 bits per heavy atom. The highest BCUT2D eigenvalue weighted by molar-refractivity contribution is 5.17. The molecule has 3 heteroatoms. The van der Waals surface area contributed by atoms with Crippen LogP contribution >= 0.6 is 0 Å². The Bertz CT molecular complexity index is 455. The Morgan fingerprint density at radius 3 is 2.06 bits per heavy atom. The summed E-state index contributed by atoms with van der Waals surface area (Å²) in [5, 5.41) is 0. The van der Waals surface area contributed by atoms with Gasteiger partial charge >= 0.3 is 5.95 Å². The van der Waals surface area contributed by atoms with Gasteiger partial charge in [-0.15, -0.1) is 0 Å². The summed E-state index contributed by atoms with van der Waals surface area (Å²) in [6, 6.07) is 6.03. The van der Waals surface area contributed by atoms with Gasteiger partial charge in [-0.05, 0) is 23.1 Å². The molecule has 0 radical (unpaired) electrons. The van der Waals surface area contributed by atoms with E-state index in [0.29, 0.717) is 5.95 Å². The van der Waals surface area contributed by atoms with E-state index in [9.17, 15) is 0 Å². The maximum absolute atomic E-state index is 4.19. The van der Waals surface area contributed by atoms with E-state index in [1.165, 1.54) is 5.56 Å². The highest BCUT2D eigenvalue weighted by atomic mass is 15.1. The van der Waals surface area contributed by atoms with Crippen LogP contribution in [0.5, 0.6) is 0 Å². The molecule has 0 aliphatic heterocycles. The van der Waals surface area contributed by atoms with Gasteiger partial charge in [0.1, 0.15) is 12.4 Å². The highest BCUT2D eigenvalue weighted by Gasteiger charge is 2.14. The Morgan fingerprint density at radius 1 is 1.00 bits per heavy atom. The smallest absolute Gasteiger partial charge is 0.206 e. The van der Waals surface area contributed by atoms with Gasteiger partial charge in [-0.1, -0.05) is 30.7 Å². The second kappa shape index (κ2) is 4.00. The molecule has 0 amide bonds. The van der Waals surface area contributed by atoms with Crippen LogP contribution in [0.1, 0.15) is 26.3 Å². The van der Waals surface area contributed by atoms with E-state index in [1.807, 2.05) is 23.0 Å². The third-order valence-corrected chi connectivity index (χ3v) is 2.48. The molecule has 2 aromatic heterocycles. The summed E-state index contributed by atoms with van der Waals surface area (Å²) in [4.78, 5) is 8.39. The van der Waals surface area contributed by atoms with Gasteiger partial charge in [-0.25, -0.2) is 4.57 Å². The number of hydrogen-bond acceptors (Lipinski definition) is 2. The molecule has 2 aromatic rings. The standard InChI is InChI=1S/C13H16N3/c1-13(2,3)11-5-9-16(10-6-11)12-14-7-4-8-15-12/h4-10H,1-3H3/q+1. The van der Waals surface area contributed by atoms with Gasteiger partial charge in [0, 0.05) is 6.07 Å². The van der Waals surface area contributed by atoms with Crippen LogP contribution in [-0.2, 0) is 5.41 Å². The van der Waals surface area contributed by atoms with Crippen LogP contribution in [0.4, 0.5) is 0 Å². The molecule has 0 aliphatic carbocycles. The van der Waals surface area contributed by atoms with Crippen molar-refractivity contribution in [3.63, 3.8) is 0 Å². The summed E-state index contributed by atoms with van der Waals surface area (Å²) in [6.07, 6.45) is 7.48. The number of nitrogens with zero attached hydrogens (tertiary/aromatic N) is 3. The Labute approximate surface area is 95.8 Å². The van der Waals surface area contributed by atoms with Gasteiger partial charge in [-0.3, -0.25) is 0 Å². The third-order valence-electron chi connectivity index (χ3n) is 2.48. The normalized spacial score (nSPS) is 11.4. The molecule has 0 saturated heterocycles. The van der Waals surface area contributed by atoms with Crippen LogP contribution in [0.2, 0.25) is 0 Å². The molecule has 0 fully saturated rings. The molecule has 0 saturated carbocycles. The first-order valence-corrected chi connectivity index (χ1v) is 5.36. The molecule has 16 heavy (non-hydrogen) atoms. The molecular weight excluding hydrogens is 198 g/mol. The van der Waals surface area contributed by atoms with Gasteiger partial charge in [0.25, 0.3) is 0 Å². The molecule has 2 heterocycles. The van der Waals surface area contributed by atoms with Crippen molar-refractivity contribution in [2.75, 3.05) is 0 Å². The number of hydrogen-bond donors (Lipinski definition) is 0. The van der Waals surface area contributed by atoms with Gasteiger partial charge in [0.15, 0.2) is 0 Å². The summed E-state index contributed by atoms with van der Waals surface area (Å²) in [6.45, 7) is 6.60. The second-order valence-corrected chi connectivity index (χ2v) is 4.79. The predicted molar refractivity (Wildman–Crippen MR) is 62.3 cm³/mol. The van der Waals surface area contributed by atoms with Crippen LogP contribution in [0.25, 0.3) is 5.95 Å². The number of rotatable bonds is 1. The highest BCUT2D eigenvalue weighted by Crippen LogP contribution is 2.20. The van der Waals surface area contributed by atoms with E-state index < -0.39 is 0 Å². The lowest BCUT2D eigenvalue weighted by Gasteiger charge is -2.18. The van der Waals surface area contributed by atoms with Crippen molar-refractivity contribution in [3.8, 4) is 5.95 Å². The maximum atomic E-state index is 4.19. The lowest BCUT2D eigenvalue weighted by atomic mass is 9.88. The first-order chi connectivity index (χ1) is 7.57. The lowest BCUT2D eigenvalue weighted by Crippen LogP contribution is -2.32. The summed E-state index contributed by atoms with van der Waals surface area (Å²) >= 11 is 0. The molecule has 0 atom stereocenters. The molecule has 82 valence electrons. The number of pyridine rings is 1. The third kappa shape index (κ3) is 2.24. The second-order valence-electron chi connectivity index (χ2n) is 4.79. The minimum atomic E-state index is 0.177. The lowest BCUT2D eigenvalue weighted by molar-refractivity contribution is -0.603. The van der Waals surface area contributed by atoms with Gasteiger partial charge in [0.05, 0.1) is 12.4 Å². The molecule has 3 nitrogen and oxygen atoms in total. The van der Waals surface area contributed by atoms with E-state index in [0.717, 1.165) is 0 Å². The van der Waals surface area contributed by atoms with E-state index in [2.05, 4.69) is 42.9 Å². The minimum absolute atomic E-state index is 0.177. The van der Waals surface area contributed by atoms with E-state index in [1.54, 1.807) is 12.4 Å². The van der Waals surface area contributed by atoms with E-state index >= 15 is 0 Å². The molecule has 2 rings (SSSR count). The fourth-order valence-corrected chi connectivity index (χ4v) is 1.48. The van der Waals surface area contributed by atoms with Crippen molar-refractivity contribution in [2.45, 2.75) is 26.2 Å². The minimum Gasteiger partial charge on any atom is -0.206 e. The first kappa shape index (κ1) is 10.7. The molecule has 0 N–H and O–H groups in total. The van der Waals surface area contributed by atoms with Crippen LogP contribution in [0, 0.1) is 0 Å². The first-order valence-electron chi connectivity index (χ1n) is 5.36. The maximum Gasteiger partial charge on any atom is 0.437 e.